The van der Waals surface area contributed by atoms with Crippen LogP contribution in [0.5, 0.6) is 5.75 Å². The normalized spacial score (nSPS) is 11.9. The van der Waals surface area contributed by atoms with Gasteiger partial charge >= 0.3 is 0 Å². The van der Waals surface area contributed by atoms with Crippen molar-refractivity contribution in [1.82, 2.24) is 15.8 Å². The fourth-order valence-electron chi connectivity index (χ4n) is 3.09. The average molecular weight is 379 g/mol. The summed E-state index contributed by atoms with van der Waals surface area (Å²) in [5, 5.41) is 0. The van der Waals surface area contributed by atoms with Gasteiger partial charge in [0.1, 0.15) is 5.75 Å². The number of amides is 2. The Bertz CT molecular complexity index is 1010. The van der Waals surface area contributed by atoms with E-state index >= 15 is 0 Å². The predicted octanol–water partition coefficient (Wildman–Crippen LogP) is 2.99. The third kappa shape index (κ3) is 3.41. The van der Waals surface area contributed by atoms with Crippen LogP contribution in [0.2, 0.25) is 0 Å². The predicted molar refractivity (Wildman–Crippen MR) is 103 cm³/mol. The number of thiophene rings is 1. The van der Waals surface area contributed by atoms with Crippen molar-refractivity contribution >= 4 is 23.2 Å². The number of benzene rings is 1. The Hall–Kier alpha value is -3.19. The van der Waals surface area contributed by atoms with E-state index in [1.807, 2.05) is 24.3 Å². The number of carbonyl (C=O) groups excluding carboxylic acids is 2. The molecule has 2 amide bonds. The molecule has 7 heteroatoms. The minimum Gasteiger partial charge on any atom is -0.497 e. The van der Waals surface area contributed by atoms with Gasteiger partial charge in [-0.2, -0.15) is 0 Å². The summed E-state index contributed by atoms with van der Waals surface area (Å²) in [5.74, 6) is 0.0988. The van der Waals surface area contributed by atoms with Crippen LogP contribution >= 0.6 is 11.3 Å². The average Bonchev–Trinajstić information content (AvgIpc) is 3.16. The molecule has 2 heterocycles. The third-order valence-electron chi connectivity index (χ3n) is 4.47. The molecular weight excluding hydrogens is 362 g/mol. The van der Waals surface area contributed by atoms with Crippen LogP contribution in [0.4, 0.5) is 0 Å². The van der Waals surface area contributed by atoms with E-state index in [1.165, 1.54) is 23.1 Å². The molecule has 0 unspecified atom stereocenters. The zero-order chi connectivity index (χ0) is 18.8. The second-order valence-electron chi connectivity index (χ2n) is 6.14. The molecule has 1 aromatic carbocycles. The van der Waals surface area contributed by atoms with E-state index in [0.29, 0.717) is 10.4 Å². The maximum Gasteiger partial charge on any atom is 0.279 e. The van der Waals surface area contributed by atoms with Gasteiger partial charge in [0.2, 0.25) is 0 Å². The lowest BCUT2D eigenvalue weighted by atomic mass is 9.91. The Morgan fingerprint density at radius 3 is 2.67 bits per heavy atom. The van der Waals surface area contributed by atoms with Gasteiger partial charge in [-0.05, 0) is 65.9 Å². The molecule has 27 heavy (non-hydrogen) atoms. The number of fused-ring (bicyclic) bond motifs is 3. The second kappa shape index (κ2) is 7.20. The molecule has 2 N–H and O–H groups in total. The molecule has 1 aliphatic carbocycles. The van der Waals surface area contributed by atoms with E-state index in [-0.39, 0.29) is 5.91 Å². The molecule has 2 aromatic heterocycles. The Morgan fingerprint density at radius 1 is 1.07 bits per heavy atom. The Morgan fingerprint density at radius 2 is 1.89 bits per heavy atom. The SMILES string of the molecule is COc1ccc2c(c1)CCc1cc(C(=O)NNC(=O)c3cccnc3)sc1-2. The van der Waals surface area contributed by atoms with Gasteiger partial charge in [0.05, 0.1) is 17.6 Å². The highest BCUT2D eigenvalue weighted by Crippen LogP contribution is 2.40. The number of aromatic nitrogens is 1. The molecule has 136 valence electrons. The van der Waals surface area contributed by atoms with Crippen molar-refractivity contribution in [2.45, 2.75) is 12.8 Å². The van der Waals surface area contributed by atoms with Gasteiger partial charge in [0, 0.05) is 17.3 Å². The van der Waals surface area contributed by atoms with Crippen molar-refractivity contribution in [3.05, 3.63) is 70.4 Å². The van der Waals surface area contributed by atoms with E-state index in [9.17, 15) is 9.59 Å². The number of pyridine rings is 1. The first kappa shape index (κ1) is 17.2. The topological polar surface area (TPSA) is 80.3 Å². The van der Waals surface area contributed by atoms with E-state index < -0.39 is 5.91 Å². The lowest BCUT2D eigenvalue weighted by Gasteiger charge is -2.16. The minimum atomic E-state index is -0.407. The number of rotatable bonds is 3. The summed E-state index contributed by atoms with van der Waals surface area (Å²) in [6, 6.07) is 11.2. The van der Waals surface area contributed by atoms with Crippen LogP contribution in [0.3, 0.4) is 0 Å². The van der Waals surface area contributed by atoms with Crippen LogP contribution in [-0.4, -0.2) is 23.9 Å². The summed E-state index contributed by atoms with van der Waals surface area (Å²) >= 11 is 1.43. The number of ether oxygens (including phenoxy) is 1. The van der Waals surface area contributed by atoms with Gasteiger partial charge in [0.25, 0.3) is 11.8 Å². The summed E-state index contributed by atoms with van der Waals surface area (Å²) in [5.41, 5.74) is 8.79. The van der Waals surface area contributed by atoms with Gasteiger partial charge in [-0.3, -0.25) is 25.4 Å². The number of methoxy groups -OCH3 is 1. The lowest BCUT2D eigenvalue weighted by molar-refractivity contribution is 0.0848. The highest BCUT2D eigenvalue weighted by atomic mass is 32.1. The van der Waals surface area contributed by atoms with Crippen LogP contribution in [0.15, 0.2) is 48.8 Å². The molecule has 1 aliphatic rings. The monoisotopic (exact) mass is 379 g/mol. The fraction of sp³-hybridized carbons (Fsp3) is 0.150. The molecule has 0 saturated heterocycles. The number of nitrogens with one attached hydrogen (secondary N) is 2. The van der Waals surface area contributed by atoms with Crippen LogP contribution in [0.25, 0.3) is 10.4 Å². The summed E-state index contributed by atoms with van der Waals surface area (Å²) in [6.45, 7) is 0. The van der Waals surface area contributed by atoms with Crippen LogP contribution in [-0.2, 0) is 12.8 Å². The van der Waals surface area contributed by atoms with Crippen molar-refractivity contribution in [2.75, 3.05) is 7.11 Å². The third-order valence-corrected chi connectivity index (χ3v) is 5.68. The quantitative estimate of drug-likeness (QED) is 0.686. The zero-order valence-electron chi connectivity index (χ0n) is 14.6. The molecule has 0 bridgehead atoms. The molecule has 0 radical (unpaired) electrons. The van der Waals surface area contributed by atoms with Crippen LogP contribution in [0, 0.1) is 0 Å². The van der Waals surface area contributed by atoms with Gasteiger partial charge < -0.3 is 4.74 Å². The molecule has 0 fully saturated rings. The first-order valence-electron chi connectivity index (χ1n) is 8.46. The number of hydrogen-bond acceptors (Lipinski definition) is 5. The molecule has 0 atom stereocenters. The standard InChI is InChI=1S/C20H17N3O3S/c1-26-15-6-7-16-12(9-15)4-5-13-10-17(27-18(13)16)20(25)23-22-19(24)14-3-2-8-21-11-14/h2-3,6-11H,4-5H2,1H3,(H,22,24)(H,23,25). The van der Waals surface area contributed by atoms with Gasteiger partial charge in [-0.15, -0.1) is 11.3 Å². The molecule has 0 saturated carbocycles. The number of carbonyl (C=O) groups is 2. The summed E-state index contributed by atoms with van der Waals surface area (Å²) < 4.78 is 5.30. The number of aryl methyl sites for hydroxylation is 2. The lowest BCUT2D eigenvalue weighted by Crippen LogP contribution is -2.41. The fourth-order valence-corrected chi connectivity index (χ4v) is 4.26. The van der Waals surface area contributed by atoms with Crippen LogP contribution < -0.4 is 15.6 Å². The maximum absolute atomic E-state index is 12.5. The summed E-state index contributed by atoms with van der Waals surface area (Å²) in [4.78, 5) is 30.0. The molecule has 0 aliphatic heterocycles. The van der Waals surface area contributed by atoms with E-state index in [2.05, 4.69) is 15.8 Å². The molecule has 0 spiro atoms. The largest absolute Gasteiger partial charge is 0.497 e. The van der Waals surface area contributed by atoms with Crippen molar-refractivity contribution in [2.24, 2.45) is 0 Å². The Balaban J connectivity index is 1.50. The summed E-state index contributed by atoms with van der Waals surface area (Å²) in [6.07, 6.45) is 4.81. The summed E-state index contributed by atoms with van der Waals surface area (Å²) in [7, 11) is 1.66. The second-order valence-corrected chi connectivity index (χ2v) is 7.19. The van der Waals surface area contributed by atoms with Crippen molar-refractivity contribution < 1.29 is 14.3 Å². The number of hydrazine groups is 1. The highest BCUT2D eigenvalue weighted by Gasteiger charge is 2.22. The smallest absolute Gasteiger partial charge is 0.279 e. The molecular formula is C20H17N3O3S. The first-order chi connectivity index (χ1) is 13.2. The molecule has 4 rings (SSSR count). The Kier molecular flexibility index (Phi) is 4.60. The van der Waals surface area contributed by atoms with Gasteiger partial charge in [-0.25, -0.2) is 0 Å². The highest BCUT2D eigenvalue weighted by molar-refractivity contribution is 7.17. The van der Waals surface area contributed by atoms with Crippen molar-refractivity contribution in [1.29, 1.82) is 0 Å². The Labute approximate surface area is 160 Å². The number of nitrogens with zero attached hydrogens (tertiary/aromatic N) is 1. The van der Waals surface area contributed by atoms with E-state index in [4.69, 9.17) is 4.74 Å². The first-order valence-corrected chi connectivity index (χ1v) is 9.28. The minimum absolute atomic E-state index is 0.332. The van der Waals surface area contributed by atoms with E-state index in [1.54, 1.807) is 25.4 Å². The van der Waals surface area contributed by atoms with Gasteiger partial charge in [0.15, 0.2) is 0 Å². The van der Waals surface area contributed by atoms with Crippen molar-refractivity contribution in [3.63, 3.8) is 0 Å². The van der Waals surface area contributed by atoms with Crippen molar-refractivity contribution in [3.8, 4) is 16.2 Å². The van der Waals surface area contributed by atoms with Gasteiger partial charge in [-0.1, -0.05) is 0 Å². The van der Waals surface area contributed by atoms with E-state index in [0.717, 1.165) is 34.6 Å². The number of hydrogen-bond donors (Lipinski definition) is 2. The molecule has 6 nitrogen and oxygen atoms in total. The van der Waals surface area contributed by atoms with Crippen LogP contribution in [0.1, 0.15) is 31.2 Å². The maximum atomic E-state index is 12.5. The molecule has 3 aromatic rings. The zero-order valence-corrected chi connectivity index (χ0v) is 15.4.